The van der Waals surface area contributed by atoms with E-state index in [2.05, 4.69) is 174 Å². The Kier molecular flexibility index (Phi) is 70.5. The van der Waals surface area contributed by atoms with Gasteiger partial charge in [-0.3, -0.25) is 37.3 Å². The lowest BCUT2D eigenvalue weighted by Gasteiger charge is -2.21. The van der Waals surface area contributed by atoms with Gasteiger partial charge in [-0.25, -0.2) is 9.13 Å². The van der Waals surface area contributed by atoms with Gasteiger partial charge in [-0.15, -0.1) is 0 Å². The molecule has 17 nitrogen and oxygen atoms in total. The summed E-state index contributed by atoms with van der Waals surface area (Å²) in [6.07, 6.45) is 84.0. The maximum absolute atomic E-state index is 13.1. The summed E-state index contributed by atoms with van der Waals surface area (Å²) < 4.78 is 68.5. The molecule has 0 fully saturated rings. The highest BCUT2D eigenvalue weighted by Gasteiger charge is 2.30. The molecule has 0 aromatic carbocycles. The van der Waals surface area contributed by atoms with E-state index in [-0.39, 0.29) is 25.7 Å². The van der Waals surface area contributed by atoms with Crippen molar-refractivity contribution in [1.82, 2.24) is 0 Å². The molecule has 0 heterocycles. The molecule has 582 valence electrons. The third kappa shape index (κ3) is 73.3. The van der Waals surface area contributed by atoms with Crippen molar-refractivity contribution in [3.05, 3.63) is 146 Å². The van der Waals surface area contributed by atoms with Crippen LogP contribution in [0.25, 0.3) is 0 Å². The molecule has 0 bridgehead atoms. The number of aliphatic hydroxyl groups excluding tert-OH is 1. The highest BCUT2D eigenvalue weighted by molar-refractivity contribution is 7.47. The number of ether oxygens (including phenoxy) is 4. The second-order valence-corrected chi connectivity index (χ2v) is 28.4. The first kappa shape index (κ1) is 96.9. The van der Waals surface area contributed by atoms with Gasteiger partial charge in [0.1, 0.15) is 19.3 Å². The van der Waals surface area contributed by atoms with E-state index in [0.29, 0.717) is 25.7 Å². The van der Waals surface area contributed by atoms with E-state index in [1.165, 1.54) is 19.3 Å². The topological polar surface area (TPSA) is 237 Å². The molecule has 102 heavy (non-hydrogen) atoms. The predicted molar refractivity (Wildman–Crippen MR) is 417 cm³/mol. The zero-order valence-electron chi connectivity index (χ0n) is 63.5. The fourth-order valence-electron chi connectivity index (χ4n) is 9.92. The number of aliphatic hydroxyl groups is 1. The van der Waals surface area contributed by atoms with Crippen LogP contribution < -0.4 is 0 Å². The number of allylic oxidation sites excluding steroid dienone is 24. The van der Waals surface area contributed by atoms with Gasteiger partial charge in [0.05, 0.1) is 26.4 Å². The number of hydrogen-bond donors (Lipinski definition) is 3. The molecule has 5 atom stereocenters. The maximum atomic E-state index is 13.1. The zero-order valence-corrected chi connectivity index (χ0v) is 65.3. The summed E-state index contributed by atoms with van der Waals surface area (Å²) in [6, 6.07) is 0. The van der Waals surface area contributed by atoms with Crippen LogP contribution in [0.15, 0.2) is 146 Å². The van der Waals surface area contributed by atoms with Gasteiger partial charge >= 0.3 is 39.5 Å². The van der Waals surface area contributed by atoms with Crippen molar-refractivity contribution in [3.63, 3.8) is 0 Å². The third-order valence-electron chi connectivity index (χ3n) is 15.8. The summed E-state index contributed by atoms with van der Waals surface area (Å²) >= 11 is 0. The summed E-state index contributed by atoms with van der Waals surface area (Å²) in [6.45, 7) is 4.41. The molecule has 0 aromatic heterocycles. The normalized spacial score (nSPS) is 14.7. The van der Waals surface area contributed by atoms with Crippen LogP contribution in [0.4, 0.5) is 0 Å². The van der Waals surface area contributed by atoms with Crippen molar-refractivity contribution in [2.24, 2.45) is 0 Å². The van der Waals surface area contributed by atoms with Crippen molar-refractivity contribution in [2.45, 2.75) is 316 Å². The molecule has 5 unspecified atom stereocenters. The zero-order chi connectivity index (χ0) is 74.6. The van der Waals surface area contributed by atoms with Crippen LogP contribution in [-0.4, -0.2) is 96.7 Å². The van der Waals surface area contributed by atoms with E-state index in [9.17, 15) is 43.2 Å². The first-order valence-corrected chi connectivity index (χ1v) is 42.1. The average Bonchev–Trinajstić information content (AvgIpc) is 0.926. The third-order valence-corrected chi connectivity index (χ3v) is 17.7. The monoisotopic (exact) mass is 1470 g/mol. The molecule has 0 spiro atoms. The lowest BCUT2D eigenvalue weighted by atomic mass is 10.1. The minimum absolute atomic E-state index is 0.0618. The SMILES string of the molecule is CC/C=C\C/C=C\C/C=C\C/C=C\CCCCC(=O)OCC(COP(=O)(O)OCC(O)COP(=O)(O)OCC(COC(=O)CCCCCCCCC/C=C\C/C=C\C/C=C\CC)OC(=O)CCCCCCC/C=C\C/C=C\CCCCC)OC(=O)CCCCCCC/C=C\C/C=C\C/C=C\CC. The highest BCUT2D eigenvalue weighted by Crippen LogP contribution is 2.45. The van der Waals surface area contributed by atoms with Crippen LogP contribution in [0.1, 0.15) is 297 Å². The van der Waals surface area contributed by atoms with Crippen LogP contribution in [0.2, 0.25) is 0 Å². The molecule has 0 aliphatic rings. The Morgan fingerprint density at radius 3 is 0.804 bits per heavy atom. The second-order valence-electron chi connectivity index (χ2n) is 25.5. The molecule has 0 rings (SSSR count). The van der Waals surface area contributed by atoms with Gasteiger partial charge in [-0.05, 0) is 161 Å². The quantitative estimate of drug-likeness (QED) is 0.0169. The highest BCUT2D eigenvalue weighted by atomic mass is 31.2. The average molecular weight is 1470 g/mol. The van der Waals surface area contributed by atoms with Crippen LogP contribution in [-0.2, 0) is 65.4 Å². The van der Waals surface area contributed by atoms with Crippen LogP contribution in [0.5, 0.6) is 0 Å². The molecule has 3 N–H and O–H groups in total. The Bertz CT molecular complexity index is 2510. The minimum atomic E-state index is -5.00. The van der Waals surface area contributed by atoms with Gasteiger partial charge in [0, 0.05) is 25.7 Å². The Morgan fingerprint density at radius 2 is 0.510 bits per heavy atom. The molecular weight excluding hydrogens is 1330 g/mol. The molecule has 0 saturated carbocycles. The largest absolute Gasteiger partial charge is 0.472 e. The minimum Gasteiger partial charge on any atom is -0.462 e. The number of rotatable bonds is 72. The summed E-state index contributed by atoms with van der Waals surface area (Å²) in [5, 5.41) is 10.6. The van der Waals surface area contributed by atoms with Crippen molar-refractivity contribution < 1.29 is 80.2 Å². The van der Waals surface area contributed by atoms with E-state index in [0.717, 1.165) is 199 Å². The first-order valence-electron chi connectivity index (χ1n) is 39.1. The molecule has 0 saturated heterocycles. The van der Waals surface area contributed by atoms with E-state index >= 15 is 0 Å². The van der Waals surface area contributed by atoms with Gasteiger partial charge < -0.3 is 33.8 Å². The van der Waals surface area contributed by atoms with E-state index in [1.807, 2.05) is 0 Å². The number of unbranched alkanes of at least 4 members (excludes halogenated alkanes) is 22. The second kappa shape index (κ2) is 74.2. The molecule has 0 aliphatic heterocycles. The van der Waals surface area contributed by atoms with E-state index < -0.39 is 97.5 Å². The molecule has 0 aliphatic carbocycles. The fraction of sp³-hybridized carbons (Fsp3) is 0.663. The first-order chi connectivity index (χ1) is 49.7. The summed E-state index contributed by atoms with van der Waals surface area (Å²) in [5.41, 5.74) is 0. The number of carbonyl (C=O) groups is 4. The van der Waals surface area contributed by atoms with Crippen molar-refractivity contribution in [3.8, 4) is 0 Å². The van der Waals surface area contributed by atoms with E-state index in [4.69, 9.17) is 37.0 Å². The standard InChI is InChI=1S/C83H138O17P2/c1-5-9-13-17-21-25-29-33-37-38-42-44-48-52-56-60-64-68-81(86)94-74-79(100-83(88)70-66-62-58-54-50-46-41-36-32-28-24-20-16-12-8-4)76-98-102(91,92)96-72-77(84)71-95-101(89,90)97-75-78(99-82(87)69-65-61-57-53-49-45-40-35-31-27-23-19-15-11-7-3)73-93-80(85)67-63-59-55-51-47-43-39-34-30-26-22-18-14-10-6-2/h9-11,13-15,21-28,33-37,39-41,47,51,77-79,84H,5-8,12,16-20,29-32,38,42-46,48-50,52-76H2,1-4H3,(H,89,90)(H,91,92)/b13-9-,14-10-,15-11-,25-21-,26-22-,27-23-,28-24-,37-33-,39-34-,40-35-,41-36-,51-47-. The van der Waals surface area contributed by atoms with Crippen molar-refractivity contribution in [2.75, 3.05) is 39.6 Å². The Morgan fingerprint density at radius 1 is 0.284 bits per heavy atom. The lowest BCUT2D eigenvalue weighted by Crippen LogP contribution is -2.30. The van der Waals surface area contributed by atoms with Crippen LogP contribution >= 0.6 is 15.6 Å². The number of hydrogen-bond acceptors (Lipinski definition) is 15. The predicted octanol–water partition coefficient (Wildman–Crippen LogP) is 22.7. The van der Waals surface area contributed by atoms with Crippen LogP contribution in [0.3, 0.4) is 0 Å². The smallest absolute Gasteiger partial charge is 0.462 e. The van der Waals surface area contributed by atoms with Gasteiger partial charge in [0.25, 0.3) is 0 Å². The van der Waals surface area contributed by atoms with Crippen molar-refractivity contribution in [1.29, 1.82) is 0 Å². The fourth-order valence-corrected chi connectivity index (χ4v) is 11.5. The number of esters is 4. The molecule has 0 amide bonds. The summed E-state index contributed by atoms with van der Waals surface area (Å²) in [5.74, 6) is -2.27. The molecule has 0 radical (unpaired) electrons. The van der Waals surface area contributed by atoms with Gasteiger partial charge in [0.15, 0.2) is 12.2 Å². The summed E-state index contributed by atoms with van der Waals surface area (Å²) in [7, 11) is -9.99. The summed E-state index contributed by atoms with van der Waals surface area (Å²) in [4.78, 5) is 73.0. The van der Waals surface area contributed by atoms with Crippen LogP contribution in [0, 0.1) is 0 Å². The number of carbonyl (C=O) groups excluding carboxylic acids is 4. The molecular formula is C83H138O17P2. The lowest BCUT2D eigenvalue weighted by molar-refractivity contribution is -0.161. The van der Waals surface area contributed by atoms with Gasteiger partial charge in [-0.1, -0.05) is 257 Å². The Labute approximate surface area is 617 Å². The van der Waals surface area contributed by atoms with Crippen molar-refractivity contribution >= 4 is 39.5 Å². The molecule has 19 heteroatoms. The van der Waals surface area contributed by atoms with Gasteiger partial charge in [0.2, 0.25) is 0 Å². The Hall–Kier alpha value is -5.06. The van der Waals surface area contributed by atoms with E-state index in [1.54, 1.807) is 0 Å². The number of phosphoric ester groups is 2. The van der Waals surface area contributed by atoms with Gasteiger partial charge in [-0.2, -0.15) is 0 Å². The maximum Gasteiger partial charge on any atom is 0.472 e. The number of phosphoric acid groups is 2. The Balaban J connectivity index is 5.43. The molecule has 0 aromatic rings.